The van der Waals surface area contributed by atoms with Gasteiger partial charge < -0.3 is 15.4 Å². The van der Waals surface area contributed by atoms with Crippen molar-refractivity contribution >= 4 is 40.3 Å². The molecule has 0 bridgehead atoms. The first-order chi connectivity index (χ1) is 9.51. The molecule has 0 amide bonds. The van der Waals surface area contributed by atoms with E-state index in [0.717, 1.165) is 11.4 Å². The zero-order chi connectivity index (χ0) is 14.7. The van der Waals surface area contributed by atoms with Gasteiger partial charge in [-0.2, -0.15) is 5.10 Å². The number of aryl methyl sites for hydroxylation is 1. The summed E-state index contributed by atoms with van der Waals surface area (Å²) in [7, 11) is 3.47. The van der Waals surface area contributed by atoms with E-state index in [1.165, 1.54) is 0 Å². The van der Waals surface area contributed by atoms with Crippen LogP contribution in [0.15, 0.2) is 24.4 Å². The van der Waals surface area contributed by atoms with Crippen LogP contribution in [0.3, 0.4) is 0 Å². The van der Waals surface area contributed by atoms with Gasteiger partial charge in [-0.1, -0.05) is 11.6 Å². The number of anilines is 2. The molecule has 2 N–H and O–H groups in total. The molecule has 1 aromatic carbocycles. The number of nitrogens with one attached hydrogen (secondary N) is 2. The molecule has 2 aromatic rings. The summed E-state index contributed by atoms with van der Waals surface area (Å²) in [6.07, 6.45) is 1.72. The van der Waals surface area contributed by atoms with Crippen LogP contribution < -0.4 is 15.4 Å². The average Bonchev–Trinajstić information content (AvgIpc) is 2.71. The Bertz CT molecular complexity index is 641. The van der Waals surface area contributed by atoms with Crippen molar-refractivity contribution in [3.05, 3.63) is 35.1 Å². The van der Waals surface area contributed by atoms with Crippen molar-refractivity contribution in [2.24, 2.45) is 7.05 Å². The fourth-order valence-electron chi connectivity index (χ4n) is 1.68. The Morgan fingerprint density at radius 2 is 2.05 bits per heavy atom. The highest BCUT2D eigenvalue weighted by atomic mass is 35.5. The monoisotopic (exact) mass is 310 g/mol. The summed E-state index contributed by atoms with van der Waals surface area (Å²) in [4.78, 5) is 0. The van der Waals surface area contributed by atoms with Gasteiger partial charge in [-0.3, -0.25) is 4.68 Å². The molecule has 0 aliphatic heterocycles. The summed E-state index contributed by atoms with van der Waals surface area (Å²) in [6.45, 7) is 1.96. The number of hydrogen-bond donors (Lipinski definition) is 2. The summed E-state index contributed by atoms with van der Waals surface area (Å²) in [5.41, 5.74) is 2.55. The Labute approximate surface area is 127 Å². The second-order valence-corrected chi connectivity index (χ2v) is 5.04. The molecule has 1 aromatic heterocycles. The van der Waals surface area contributed by atoms with E-state index in [0.29, 0.717) is 21.6 Å². The van der Waals surface area contributed by atoms with E-state index in [9.17, 15) is 0 Å². The molecule has 2 rings (SSSR count). The highest BCUT2D eigenvalue weighted by molar-refractivity contribution is 7.80. The number of aromatic nitrogens is 2. The number of methoxy groups -OCH3 is 1. The third kappa shape index (κ3) is 3.20. The smallest absolute Gasteiger partial charge is 0.175 e. The minimum absolute atomic E-state index is 0.446. The number of thiocarbonyl (C=S) groups is 1. The van der Waals surface area contributed by atoms with Gasteiger partial charge >= 0.3 is 0 Å². The lowest BCUT2D eigenvalue weighted by molar-refractivity contribution is 0.417. The van der Waals surface area contributed by atoms with Crippen LogP contribution in [0.5, 0.6) is 5.75 Å². The minimum atomic E-state index is 0.446. The molecule has 0 fully saturated rings. The summed E-state index contributed by atoms with van der Waals surface area (Å²) in [5.74, 6) is 0.668. The number of rotatable bonds is 3. The van der Waals surface area contributed by atoms with E-state index in [1.54, 1.807) is 36.2 Å². The van der Waals surface area contributed by atoms with E-state index in [2.05, 4.69) is 15.7 Å². The highest BCUT2D eigenvalue weighted by Gasteiger charge is 2.08. The van der Waals surface area contributed by atoms with Crippen LogP contribution in [0, 0.1) is 6.92 Å². The maximum absolute atomic E-state index is 5.97. The molecule has 0 spiro atoms. The van der Waals surface area contributed by atoms with Gasteiger partial charge in [-0.25, -0.2) is 0 Å². The SMILES string of the molecule is COc1ccc(Cl)cc1NC(=S)Nc1cnn(C)c1C. The zero-order valence-electron chi connectivity index (χ0n) is 11.4. The molecule has 0 aliphatic carbocycles. The van der Waals surface area contributed by atoms with Crippen LogP contribution in [-0.4, -0.2) is 22.0 Å². The molecule has 0 radical (unpaired) electrons. The topological polar surface area (TPSA) is 51.1 Å². The second-order valence-electron chi connectivity index (χ2n) is 4.19. The van der Waals surface area contributed by atoms with E-state index < -0.39 is 0 Å². The fourth-order valence-corrected chi connectivity index (χ4v) is 2.07. The lowest BCUT2D eigenvalue weighted by atomic mass is 10.3. The normalized spacial score (nSPS) is 10.2. The maximum Gasteiger partial charge on any atom is 0.175 e. The van der Waals surface area contributed by atoms with E-state index >= 15 is 0 Å². The van der Waals surface area contributed by atoms with Crippen molar-refractivity contribution in [1.29, 1.82) is 0 Å². The number of nitrogens with zero attached hydrogens (tertiary/aromatic N) is 2. The van der Waals surface area contributed by atoms with Gasteiger partial charge in [0.1, 0.15) is 5.75 Å². The average molecular weight is 311 g/mol. The predicted octanol–water partition coefficient (Wildman–Crippen LogP) is 3.20. The lowest BCUT2D eigenvalue weighted by Crippen LogP contribution is -2.19. The van der Waals surface area contributed by atoms with Crippen molar-refractivity contribution in [2.75, 3.05) is 17.7 Å². The number of ether oxygens (including phenoxy) is 1. The third-order valence-corrected chi connectivity index (χ3v) is 3.33. The molecule has 1 heterocycles. The second kappa shape index (κ2) is 6.11. The number of hydrogen-bond acceptors (Lipinski definition) is 3. The van der Waals surface area contributed by atoms with Gasteiger partial charge in [0.2, 0.25) is 0 Å². The molecule has 20 heavy (non-hydrogen) atoms. The van der Waals surface area contributed by atoms with Crippen molar-refractivity contribution in [1.82, 2.24) is 9.78 Å². The van der Waals surface area contributed by atoms with Crippen molar-refractivity contribution in [2.45, 2.75) is 6.92 Å². The van der Waals surface area contributed by atoms with Crippen LogP contribution in [-0.2, 0) is 7.05 Å². The molecule has 0 saturated heterocycles. The third-order valence-electron chi connectivity index (χ3n) is 2.89. The fraction of sp³-hybridized carbons (Fsp3) is 0.231. The van der Waals surface area contributed by atoms with Crippen LogP contribution in [0.4, 0.5) is 11.4 Å². The Morgan fingerprint density at radius 1 is 1.35 bits per heavy atom. The Morgan fingerprint density at radius 3 is 2.65 bits per heavy atom. The van der Waals surface area contributed by atoms with Crippen LogP contribution in [0.25, 0.3) is 0 Å². The van der Waals surface area contributed by atoms with Crippen LogP contribution in [0.1, 0.15) is 5.69 Å². The van der Waals surface area contributed by atoms with Gasteiger partial charge in [-0.05, 0) is 37.3 Å². The molecular weight excluding hydrogens is 296 g/mol. The lowest BCUT2D eigenvalue weighted by Gasteiger charge is -2.13. The van der Waals surface area contributed by atoms with Gasteiger partial charge in [0.15, 0.2) is 5.11 Å². The van der Waals surface area contributed by atoms with Crippen LogP contribution in [0.2, 0.25) is 5.02 Å². The van der Waals surface area contributed by atoms with E-state index in [1.807, 2.05) is 14.0 Å². The Balaban J connectivity index is 2.12. The molecule has 7 heteroatoms. The molecular formula is C13H15ClN4OS. The summed E-state index contributed by atoms with van der Waals surface area (Å²) < 4.78 is 7.02. The van der Waals surface area contributed by atoms with Crippen molar-refractivity contribution in [3.63, 3.8) is 0 Å². The van der Waals surface area contributed by atoms with E-state index in [4.69, 9.17) is 28.6 Å². The standard InChI is InChI=1S/C13H15ClN4OS/c1-8-11(7-15-18(8)2)17-13(20)16-10-6-9(14)4-5-12(10)19-3/h4-7H,1-3H3,(H2,16,17,20). The first kappa shape index (κ1) is 14.6. The minimum Gasteiger partial charge on any atom is -0.495 e. The molecule has 0 saturated carbocycles. The van der Waals surface area contributed by atoms with Gasteiger partial charge in [0, 0.05) is 12.1 Å². The first-order valence-electron chi connectivity index (χ1n) is 5.91. The molecule has 0 aliphatic rings. The van der Waals surface area contributed by atoms with Crippen LogP contribution >= 0.6 is 23.8 Å². The highest BCUT2D eigenvalue weighted by Crippen LogP contribution is 2.27. The summed E-state index contributed by atoms with van der Waals surface area (Å²) in [6, 6.07) is 5.29. The zero-order valence-corrected chi connectivity index (χ0v) is 13.0. The summed E-state index contributed by atoms with van der Waals surface area (Å²) >= 11 is 11.3. The van der Waals surface area contributed by atoms with Crippen molar-refractivity contribution < 1.29 is 4.74 Å². The predicted molar refractivity (Wildman–Crippen MR) is 85.8 cm³/mol. The molecule has 5 nitrogen and oxygen atoms in total. The molecule has 106 valence electrons. The number of benzene rings is 1. The molecule has 0 unspecified atom stereocenters. The van der Waals surface area contributed by atoms with Gasteiger partial charge in [0.05, 0.1) is 30.4 Å². The van der Waals surface area contributed by atoms with Gasteiger partial charge in [-0.15, -0.1) is 0 Å². The molecule has 0 atom stereocenters. The van der Waals surface area contributed by atoms with E-state index in [-0.39, 0.29) is 0 Å². The Hall–Kier alpha value is -1.79. The number of halogens is 1. The summed E-state index contributed by atoms with van der Waals surface area (Å²) in [5, 5.41) is 11.3. The van der Waals surface area contributed by atoms with Gasteiger partial charge in [0.25, 0.3) is 0 Å². The van der Waals surface area contributed by atoms with Crippen molar-refractivity contribution in [3.8, 4) is 5.75 Å². The largest absolute Gasteiger partial charge is 0.495 e. The maximum atomic E-state index is 5.97. The Kier molecular flexibility index (Phi) is 4.46. The quantitative estimate of drug-likeness (QED) is 0.853. The first-order valence-corrected chi connectivity index (χ1v) is 6.70.